The molecule has 0 aliphatic carbocycles. The molecule has 0 saturated carbocycles. The maximum absolute atomic E-state index is 12.3. The lowest BCUT2D eigenvalue weighted by Gasteiger charge is -2.21. The lowest BCUT2D eigenvalue weighted by Crippen LogP contribution is -2.40. The summed E-state index contributed by atoms with van der Waals surface area (Å²) in [6.45, 7) is 3.15. The highest BCUT2D eigenvalue weighted by molar-refractivity contribution is 5.94. The van der Waals surface area contributed by atoms with E-state index in [0.717, 1.165) is 17.6 Å². The molecule has 1 aromatic heterocycles. The van der Waals surface area contributed by atoms with Crippen molar-refractivity contribution in [3.8, 4) is 0 Å². The molecule has 1 atom stereocenters. The van der Waals surface area contributed by atoms with Crippen molar-refractivity contribution in [2.24, 2.45) is 5.92 Å². The number of anilines is 1. The fourth-order valence-corrected chi connectivity index (χ4v) is 2.66. The quantitative estimate of drug-likeness (QED) is 0.898. The Morgan fingerprint density at radius 3 is 3.00 bits per heavy atom. The average molecular weight is 286 g/mol. The minimum Gasteiger partial charge on any atom is -0.355 e. The van der Waals surface area contributed by atoms with Gasteiger partial charge in [-0.3, -0.25) is 14.9 Å². The van der Waals surface area contributed by atoms with Crippen LogP contribution < -0.4 is 10.6 Å². The Morgan fingerprint density at radius 2 is 2.29 bits per heavy atom. The van der Waals surface area contributed by atoms with Gasteiger partial charge in [-0.15, -0.1) is 0 Å². The predicted octanol–water partition coefficient (Wildman–Crippen LogP) is 1.52. The van der Waals surface area contributed by atoms with E-state index in [4.69, 9.17) is 0 Å². The maximum atomic E-state index is 12.3. The molecule has 1 aliphatic rings. The molecule has 1 aliphatic heterocycles. The van der Waals surface area contributed by atoms with Gasteiger partial charge in [-0.1, -0.05) is 12.1 Å². The number of carbonyl (C=O) groups excluding carboxylic acids is 2. The van der Waals surface area contributed by atoms with Crippen LogP contribution in [-0.2, 0) is 16.1 Å². The van der Waals surface area contributed by atoms with Crippen LogP contribution in [0.4, 0.5) is 5.95 Å². The lowest BCUT2D eigenvalue weighted by molar-refractivity contribution is -0.126. The van der Waals surface area contributed by atoms with Gasteiger partial charge in [0.2, 0.25) is 17.8 Å². The fourth-order valence-electron chi connectivity index (χ4n) is 2.66. The number of benzene rings is 1. The minimum atomic E-state index is -0.187. The fraction of sp³-hybridized carbons (Fsp3) is 0.400. The van der Waals surface area contributed by atoms with Crippen molar-refractivity contribution in [3.63, 3.8) is 0 Å². The third-order valence-electron chi connectivity index (χ3n) is 3.84. The molecule has 2 heterocycles. The number of nitrogens with one attached hydrogen (secondary N) is 2. The average Bonchev–Trinajstić information content (AvgIpc) is 2.84. The molecular weight excluding hydrogens is 268 g/mol. The van der Waals surface area contributed by atoms with Gasteiger partial charge in [-0.25, -0.2) is 4.98 Å². The van der Waals surface area contributed by atoms with E-state index in [1.807, 2.05) is 35.8 Å². The van der Waals surface area contributed by atoms with Gasteiger partial charge in [0.25, 0.3) is 0 Å². The molecule has 21 heavy (non-hydrogen) atoms. The van der Waals surface area contributed by atoms with Crippen molar-refractivity contribution in [1.82, 2.24) is 14.9 Å². The Kier molecular flexibility index (Phi) is 3.60. The number of amides is 2. The van der Waals surface area contributed by atoms with Crippen LogP contribution in [-0.4, -0.2) is 27.9 Å². The van der Waals surface area contributed by atoms with Crippen LogP contribution in [0.15, 0.2) is 24.3 Å². The van der Waals surface area contributed by atoms with Crippen LogP contribution >= 0.6 is 0 Å². The van der Waals surface area contributed by atoms with Gasteiger partial charge in [0.1, 0.15) is 0 Å². The molecule has 3 rings (SSSR count). The van der Waals surface area contributed by atoms with Crippen LogP contribution in [0.1, 0.15) is 19.8 Å². The van der Waals surface area contributed by atoms with Crippen molar-refractivity contribution in [3.05, 3.63) is 24.3 Å². The normalized spacial score (nSPS) is 18.5. The summed E-state index contributed by atoms with van der Waals surface area (Å²) in [6, 6.07) is 7.80. The van der Waals surface area contributed by atoms with Crippen LogP contribution in [0.5, 0.6) is 0 Å². The van der Waals surface area contributed by atoms with Gasteiger partial charge in [0.05, 0.1) is 17.0 Å². The number of hydrogen-bond donors (Lipinski definition) is 2. The monoisotopic (exact) mass is 286 g/mol. The Labute approximate surface area is 122 Å². The second-order valence-electron chi connectivity index (χ2n) is 5.20. The summed E-state index contributed by atoms with van der Waals surface area (Å²) in [6.07, 6.45) is 0.992. The first kappa shape index (κ1) is 13.6. The van der Waals surface area contributed by atoms with E-state index in [2.05, 4.69) is 15.6 Å². The second-order valence-corrected chi connectivity index (χ2v) is 5.20. The molecule has 2 aromatic rings. The third-order valence-corrected chi connectivity index (χ3v) is 3.84. The number of hydrogen-bond acceptors (Lipinski definition) is 3. The smallest absolute Gasteiger partial charge is 0.231 e. The Balaban J connectivity index is 1.81. The number of aromatic nitrogens is 2. The minimum absolute atomic E-state index is 0.0137. The van der Waals surface area contributed by atoms with Gasteiger partial charge in [0.15, 0.2) is 0 Å². The van der Waals surface area contributed by atoms with Crippen molar-refractivity contribution >= 4 is 28.8 Å². The van der Waals surface area contributed by atoms with E-state index in [0.29, 0.717) is 25.3 Å². The first-order valence-corrected chi connectivity index (χ1v) is 7.22. The van der Waals surface area contributed by atoms with E-state index in [-0.39, 0.29) is 17.7 Å². The van der Waals surface area contributed by atoms with Gasteiger partial charge >= 0.3 is 0 Å². The number of piperidine rings is 1. The van der Waals surface area contributed by atoms with Crippen molar-refractivity contribution < 1.29 is 9.59 Å². The third kappa shape index (κ3) is 2.61. The summed E-state index contributed by atoms with van der Waals surface area (Å²) in [5.41, 5.74) is 1.87. The number of rotatable bonds is 3. The van der Waals surface area contributed by atoms with Crippen molar-refractivity contribution in [2.45, 2.75) is 26.3 Å². The lowest BCUT2D eigenvalue weighted by atomic mass is 9.98. The first-order valence-electron chi connectivity index (χ1n) is 7.22. The zero-order chi connectivity index (χ0) is 14.8. The van der Waals surface area contributed by atoms with Crippen LogP contribution in [0.25, 0.3) is 11.0 Å². The highest BCUT2D eigenvalue weighted by Crippen LogP contribution is 2.20. The van der Waals surface area contributed by atoms with E-state index in [1.54, 1.807) is 0 Å². The van der Waals surface area contributed by atoms with Gasteiger partial charge < -0.3 is 9.88 Å². The van der Waals surface area contributed by atoms with Crippen molar-refractivity contribution in [2.75, 3.05) is 11.9 Å². The number of para-hydroxylation sites is 2. The van der Waals surface area contributed by atoms with Crippen LogP contribution in [0.3, 0.4) is 0 Å². The van der Waals surface area contributed by atoms with Crippen LogP contribution in [0.2, 0.25) is 0 Å². The number of aryl methyl sites for hydroxylation is 1. The maximum Gasteiger partial charge on any atom is 0.231 e. The molecule has 0 bridgehead atoms. The largest absolute Gasteiger partial charge is 0.355 e. The molecule has 2 amide bonds. The van der Waals surface area contributed by atoms with Gasteiger partial charge in [0, 0.05) is 19.5 Å². The summed E-state index contributed by atoms with van der Waals surface area (Å²) in [5.74, 6) is 0.313. The van der Waals surface area contributed by atoms with E-state index in [1.165, 1.54) is 0 Å². The summed E-state index contributed by atoms with van der Waals surface area (Å²) < 4.78 is 1.98. The van der Waals surface area contributed by atoms with E-state index < -0.39 is 0 Å². The Morgan fingerprint density at radius 1 is 1.48 bits per heavy atom. The highest BCUT2D eigenvalue weighted by Gasteiger charge is 2.25. The topological polar surface area (TPSA) is 76.0 Å². The van der Waals surface area contributed by atoms with E-state index in [9.17, 15) is 9.59 Å². The molecule has 6 heteroatoms. The second kappa shape index (κ2) is 5.55. The number of carbonyl (C=O) groups is 2. The Hall–Kier alpha value is -2.37. The summed E-state index contributed by atoms with van der Waals surface area (Å²) in [4.78, 5) is 27.9. The number of fused-ring (bicyclic) bond motifs is 1. The molecule has 1 saturated heterocycles. The molecule has 0 unspecified atom stereocenters. The Bertz CT molecular complexity index is 682. The molecule has 6 nitrogen and oxygen atoms in total. The summed E-state index contributed by atoms with van der Waals surface area (Å²) in [5, 5.41) is 5.62. The van der Waals surface area contributed by atoms with Crippen LogP contribution in [0, 0.1) is 5.92 Å². The zero-order valence-electron chi connectivity index (χ0n) is 11.9. The molecule has 2 N–H and O–H groups in total. The van der Waals surface area contributed by atoms with Crippen molar-refractivity contribution in [1.29, 1.82) is 0 Å². The van der Waals surface area contributed by atoms with E-state index >= 15 is 0 Å². The molecule has 1 aromatic carbocycles. The molecule has 1 fully saturated rings. The highest BCUT2D eigenvalue weighted by atomic mass is 16.2. The summed E-state index contributed by atoms with van der Waals surface area (Å²) >= 11 is 0. The standard InChI is InChI=1S/C15H18N4O2/c1-2-19-12-6-4-3-5-11(12)17-15(19)18-14(21)10-7-8-13(20)16-9-10/h3-6,10H,2,7-9H2,1H3,(H,16,20)(H,17,18,21)/t10-/m1/s1. The summed E-state index contributed by atoms with van der Waals surface area (Å²) in [7, 11) is 0. The SMILES string of the molecule is CCn1c(NC(=O)[C@@H]2CCC(=O)NC2)nc2ccccc21. The molecule has 110 valence electrons. The molecule has 0 radical (unpaired) electrons. The number of imidazole rings is 1. The molecule has 0 spiro atoms. The molecular formula is C15H18N4O2. The van der Waals surface area contributed by atoms with Gasteiger partial charge in [-0.05, 0) is 25.5 Å². The number of nitrogens with zero attached hydrogens (tertiary/aromatic N) is 2. The van der Waals surface area contributed by atoms with Gasteiger partial charge in [-0.2, -0.15) is 0 Å². The predicted molar refractivity (Wildman–Crippen MR) is 79.8 cm³/mol. The zero-order valence-corrected chi connectivity index (χ0v) is 11.9. The first-order chi connectivity index (χ1) is 10.2.